The molecule has 2 nitrogen and oxygen atoms in total. The summed E-state index contributed by atoms with van der Waals surface area (Å²) in [6.45, 7) is 7.78. The quantitative estimate of drug-likeness (QED) is 0.905. The zero-order valence-corrected chi connectivity index (χ0v) is 12.4. The topological polar surface area (TPSA) is 29.1 Å². The van der Waals surface area contributed by atoms with E-state index in [1.54, 1.807) is 0 Å². The third-order valence-corrected chi connectivity index (χ3v) is 5.63. The molecule has 1 heterocycles. The van der Waals surface area contributed by atoms with Crippen LogP contribution in [0.25, 0.3) is 0 Å². The third-order valence-electron chi connectivity index (χ3n) is 3.69. The zero-order chi connectivity index (χ0) is 14.3. The molecule has 19 heavy (non-hydrogen) atoms. The first-order chi connectivity index (χ1) is 8.82. The normalized spacial score (nSPS) is 30.5. The minimum Gasteiger partial charge on any atom is -0.307 e. The lowest BCUT2D eigenvalue weighted by Crippen LogP contribution is -2.42. The molecule has 1 aliphatic heterocycles. The molecule has 4 unspecified atom stereocenters. The van der Waals surface area contributed by atoms with E-state index in [-0.39, 0.29) is 28.1 Å². The Morgan fingerprint density at radius 1 is 1.26 bits per heavy atom. The molecule has 0 saturated heterocycles. The highest BCUT2D eigenvalue weighted by Gasteiger charge is 2.38. The van der Waals surface area contributed by atoms with Gasteiger partial charge in [-0.05, 0) is 17.5 Å². The largest absolute Gasteiger partial charge is 0.307 e. The molecule has 1 aromatic rings. The van der Waals surface area contributed by atoms with Crippen LogP contribution >= 0.6 is 0 Å². The van der Waals surface area contributed by atoms with Gasteiger partial charge in [-0.1, -0.05) is 27.7 Å². The molecule has 0 fully saturated rings. The Morgan fingerprint density at radius 2 is 1.89 bits per heavy atom. The maximum atomic E-state index is 13.9. The summed E-state index contributed by atoms with van der Waals surface area (Å²) in [6, 6.07) is 2.13. The Balaban J connectivity index is 2.59. The maximum Gasteiger partial charge on any atom is 0.142 e. The number of halogens is 2. The van der Waals surface area contributed by atoms with E-state index in [4.69, 9.17) is 0 Å². The molecule has 0 aliphatic carbocycles. The second-order valence-electron chi connectivity index (χ2n) is 5.47. The number of nitrogens with one attached hydrogen (secondary N) is 1. The number of hydrogen-bond acceptors (Lipinski definition) is 2. The fourth-order valence-electron chi connectivity index (χ4n) is 2.56. The predicted molar refractivity (Wildman–Crippen MR) is 72.4 cm³/mol. The van der Waals surface area contributed by atoms with Crippen molar-refractivity contribution in [3.8, 4) is 0 Å². The van der Waals surface area contributed by atoms with Gasteiger partial charge in [-0.15, -0.1) is 0 Å². The van der Waals surface area contributed by atoms with Gasteiger partial charge in [-0.25, -0.2) is 8.78 Å². The highest BCUT2D eigenvalue weighted by Crippen LogP contribution is 2.39. The van der Waals surface area contributed by atoms with E-state index in [0.717, 1.165) is 6.07 Å². The number of fused-ring (bicyclic) bond motifs is 1. The van der Waals surface area contributed by atoms with E-state index in [2.05, 4.69) is 5.32 Å². The van der Waals surface area contributed by atoms with Crippen molar-refractivity contribution in [3.63, 3.8) is 0 Å². The van der Waals surface area contributed by atoms with E-state index in [0.29, 0.717) is 5.56 Å². The van der Waals surface area contributed by atoms with Crippen LogP contribution in [0.4, 0.5) is 8.78 Å². The number of rotatable bonds is 2. The van der Waals surface area contributed by atoms with Crippen molar-refractivity contribution in [2.24, 2.45) is 5.92 Å². The fourth-order valence-corrected chi connectivity index (χ4v) is 4.15. The zero-order valence-electron chi connectivity index (χ0n) is 11.5. The van der Waals surface area contributed by atoms with E-state index < -0.39 is 22.4 Å². The van der Waals surface area contributed by atoms with Crippen molar-refractivity contribution in [1.29, 1.82) is 0 Å². The van der Waals surface area contributed by atoms with Crippen molar-refractivity contribution in [3.05, 3.63) is 29.3 Å². The van der Waals surface area contributed by atoms with Crippen LogP contribution in [0.2, 0.25) is 0 Å². The molecule has 0 aromatic heterocycles. The van der Waals surface area contributed by atoms with E-state index in [1.165, 1.54) is 6.07 Å². The second kappa shape index (κ2) is 5.29. The summed E-state index contributed by atoms with van der Waals surface area (Å²) in [4.78, 5) is 0.158. The monoisotopic (exact) mass is 287 g/mol. The Hall–Kier alpha value is -0.810. The molecule has 0 radical (unpaired) electrons. The molecule has 0 spiro atoms. The average molecular weight is 287 g/mol. The van der Waals surface area contributed by atoms with Crippen molar-refractivity contribution < 1.29 is 13.0 Å². The Labute approximate surface area is 115 Å². The molecular weight excluding hydrogens is 268 g/mol. The number of hydrogen-bond donors (Lipinski definition) is 1. The summed E-state index contributed by atoms with van der Waals surface area (Å²) in [5.41, 5.74) is 0.495. The van der Waals surface area contributed by atoms with Gasteiger partial charge in [0.1, 0.15) is 11.6 Å². The fraction of sp³-hybridized carbons (Fsp3) is 0.571. The summed E-state index contributed by atoms with van der Waals surface area (Å²) in [6.07, 6.45) is 0. The lowest BCUT2D eigenvalue weighted by atomic mass is 9.90. The first kappa shape index (κ1) is 14.6. The van der Waals surface area contributed by atoms with E-state index in [9.17, 15) is 13.0 Å². The van der Waals surface area contributed by atoms with Crippen LogP contribution in [0.3, 0.4) is 0 Å². The Kier molecular flexibility index (Phi) is 4.06. The van der Waals surface area contributed by atoms with Crippen LogP contribution in [0.1, 0.15) is 39.3 Å². The molecule has 1 N–H and O–H groups in total. The SMILES string of the molecule is CC(C)NC1c2cc(F)cc(F)c2S(=O)C(C)C1C. The maximum absolute atomic E-state index is 13.9. The highest BCUT2D eigenvalue weighted by molar-refractivity contribution is 7.85. The van der Waals surface area contributed by atoms with Gasteiger partial charge < -0.3 is 5.32 Å². The molecule has 106 valence electrons. The van der Waals surface area contributed by atoms with Gasteiger partial charge in [0.2, 0.25) is 0 Å². The minimum atomic E-state index is -1.43. The van der Waals surface area contributed by atoms with Crippen LogP contribution in [-0.4, -0.2) is 15.5 Å². The van der Waals surface area contributed by atoms with E-state index >= 15 is 0 Å². The average Bonchev–Trinajstić information content (AvgIpc) is 2.30. The van der Waals surface area contributed by atoms with Gasteiger partial charge in [-0.3, -0.25) is 4.21 Å². The van der Waals surface area contributed by atoms with Crippen molar-refractivity contribution in [1.82, 2.24) is 5.32 Å². The van der Waals surface area contributed by atoms with Crippen molar-refractivity contribution in [2.45, 2.75) is 49.9 Å². The molecule has 5 heteroatoms. The lowest BCUT2D eigenvalue weighted by molar-refractivity contribution is 0.337. The van der Waals surface area contributed by atoms with Gasteiger partial charge in [0.15, 0.2) is 0 Å². The van der Waals surface area contributed by atoms with Crippen LogP contribution in [-0.2, 0) is 10.8 Å². The van der Waals surface area contributed by atoms with Crippen LogP contribution < -0.4 is 5.32 Å². The van der Waals surface area contributed by atoms with Crippen molar-refractivity contribution >= 4 is 10.8 Å². The summed E-state index contributed by atoms with van der Waals surface area (Å²) >= 11 is 0. The van der Waals surface area contributed by atoms with Crippen molar-refractivity contribution in [2.75, 3.05) is 0 Å². The van der Waals surface area contributed by atoms with Gasteiger partial charge >= 0.3 is 0 Å². The van der Waals surface area contributed by atoms with Crippen LogP contribution in [0.15, 0.2) is 17.0 Å². The molecule has 4 atom stereocenters. The summed E-state index contributed by atoms with van der Waals surface area (Å²) < 4.78 is 39.7. The summed E-state index contributed by atoms with van der Waals surface area (Å²) in [7, 11) is -1.43. The smallest absolute Gasteiger partial charge is 0.142 e. The summed E-state index contributed by atoms with van der Waals surface area (Å²) in [5.74, 6) is -1.27. The molecule has 0 bridgehead atoms. The lowest BCUT2D eigenvalue weighted by Gasteiger charge is -2.37. The van der Waals surface area contributed by atoms with Crippen LogP contribution in [0.5, 0.6) is 0 Å². The predicted octanol–water partition coefficient (Wildman–Crippen LogP) is 3.15. The van der Waals surface area contributed by atoms with Crippen LogP contribution in [0, 0.1) is 17.6 Å². The first-order valence-corrected chi connectivity index (χ1v) is 7.69. The van der Waals surface area contributed by atoms with Gasteiger partial charge in [-0.2, -0.15) is 0 Å². The van der Waals surface area contributed by atoms with E-state index in [1.807, 2.05) is 27.7 Å². The molecule has 0 amide bonds. The molecule has 2 rings (SSSR count). The molecular formula is C14H19F2NOS. The van der Waals surface area contributed by atoms with Gasteiger partial charge in [0, 0.05) is 23.4 Å². The first-order valence-electron chi connectivity index (χ1n) is 6.48. The number of benzene rings is 1. The summed E-state index contributed by atoms with van der Waals surface area (Å²) in [5, 5.41) is 3.16. The van der Waals surface area contributed by atoms with Gasteiger partial charge in [0.05, 0.1) is 15.7 Å². The molecule has 1 aromatic carbocycles. The highest BCUT2D eigenvalue weighted by atomic mass is 32.2. The third kappa shape index (κ3) is 2.58. The van der Waals surface area contributed by atoms with Gasteiger partial charge in [0.25, 0.3) is 0 Å². The Morgan fingerprint density at radius 3 is 2.47 bits per heavy atom. The Bertz CT molecular complexity index is 518. The minimum absolute atomic E-state index is 0.0527. The standard InChI is InChI=1S/C14H19F2NOS/c1-7(2)17-13-8(3)9(4)19(18)14-11(13)5-10(15)6-12(14)16/h5-9,13,17H,1-4H3. The molecule has 0 saturated carbocycles. The molecule has 1 aliphatic rings. The second-order valence-corrected chi connectivity index (χ2v) is 7.21.